The molecule has 1 aliphatic rings. The summed E-state index contributed by atoms with van der Waals surface area (Å²) in [7, 11) is 0. The van der Waals surface area contributed by atoms with Gasteiger partial charge in [0.15, 0.2) is 0 Å². The van der Waals surface area contributed by atoms with Crippen LogP contribution in [0.15, 0.2) is 30.5 Å². The van der Waals surface area contributed by atoms with E-state index in [4.69, 9.17) is 0 Å². The van der Waals surface area contributed by atoms with Crippen LogP contribution in [0.3, 0.4) is 0 Å². The third-order valence-electron chi connectivity index (χ3n) is 3.30. The highest BCUT2D eigenvalue weighted by atomic mass is 35.5. The SMILES string of the molecule is Cl.Cl.Fc1ccccc1-n1nncc1CN1CCNCC1. The largest absolute Gasteiger partial charge is 0.314 e. The maximum absolute atomic E-state index is 13.8. The predicted octanol–water partition coefficient (Wildman–Crippen LogP) is 1.66. The summed E-state index contributed by atoms with van der Waals surface area (Å²) in [5, 5.41) is 11.2. The highest BCUT2D eigenvalue weighted by molar-refractivity contribution is 5.85. The summed E-state index contributed by atoms with van der Waals surface area (Å²) < 4.78 is 15.4. The Hall–Kier alpha value is -1.21. The van der Waals surface area contributed by atoms with E-state index in [0.29, 0.717) is 5.69 Å². The molecular weight excluding hydrogens is 316 g/mol. The van der Waals surface area contributed by atoms with Crippen molar-refractivity contribution in [3.63, 3.8) is 0 Å². The van der Waals surface area contributed by atoms with Gasteiger partial charge in [-0.25, -0.2) is 9.07 Å². The lowest BCUT2D eigenvalue weighted by Crippen LogP contribution is -2.43. The molecule has 5 nitrogen and oxygen atoms in total. The number of rotatable bonds is 3. The zero-order chi connectivity index (χ0) is 13.1. The number of nitrogens with one attached hydrogen (secondary N) is 1. The van der Waals surface area contributed by atoms with Crippen LogP contribution in [0.5, 0.6) is 0 Å². The Morgan fingerprint density at radius 1 is 1.14 bits per heavy atom. The van der Waals surface area contributed by atoms with Crippen molar-refractivity contribution in [2.24, 2.45) is 0 Å². The number of halogens is 3. The molecule has 8 heteroatoms. The fourth-order valence-electron chi connectivity index (χ4n) is 2.29. The zero-order valence-corrected chi connectivity index (χ0v) is 13.0. The lowest BCUT2D eigenvalue weighted by Gasteiger charge is -2.26. The molecule has 1 aliphatic heterocycles. The van der Waals surface area contributed by atoms with Gasteiger partial charge in [0.2, 0.25) is 0 Å². The standard InChI is InChI=1S/C13H16FN5.2ClH/c14-12-3-1-2-4-13(12)19-11(9-16-17-19)10-18-7-5-15-6-8-18;;/h1-4,9,15H,5-8,10H2;2*1H. The third kappa shape index (κ3) is 4.14. The lowest BCUT2D eigenvalue weighted by atomic mass is 10.3. The van der Waals surface area contributed by atoms with Crippen molar-refractivity contribution >= 4 is 24.8 Å². The third-order valence-corrected chi connectivity index (χ3v) is 3.30. The highest BCUT2D eigenvalue weighted by Gasteiger charge is 2.15. The molecule has 116 valence electrons. The van der Waals surface area contributed by atoms with E-state index < -0.39 is 0 Å². The smallest absolute Gasteiger partial charge is 0.148 e. The number of hydrogen-bond acceptors (Lipinski definition) is 4. The van der Waals surface area contributed by atoms with Crippen LogP contribution in [-0.2, 0) is 6.54 Å². The van der Waals surface area contributed by atoms with Crippen LogP contribution in [-0.4, -0.2) is 46.1 Å². The molecular formula is C13H18Cl2FN5. The molecule has 0 bridgehead atoms. The van der Waals surface area contributed by atoms with Gasteiger partial charge in [0, 0.05) is 32.7 Å². The predicted molar refractivity (Wildman–Crippen MR) is 84.0 cm³/mol. The van der Waals surface area contributed by atoms with Crippen molar-refractivity contribution in [1.29, 1.82) is 0 Å². The Morgan fingerprint density at radius 3 is 2.57 bits per heavy atom. The van der Waals surface area contributed by atoms with Gasteiger partial charge in [0.25, 0.3) is 0 Å². The first-order valence-corrected chi connectivity index (χ1v) is 6.42. The van der Waals surface area contributed by atoms with Gasteiger partial charge in [-0.1, -0.05) is 17.3 Å². The fourth-order valence-corrected chi connectivity index (χ4v) is 2.29. The van der Waals surface area contributed by atoms with E-state index in [1.807, 2.05) is 0 Å². The van der Waals surface area contributed by atoms with Gasteiger partial charge in [-0.3, -0.25) is 4.90 Å². The normalized spacial score (nSPS) is 15.1. The van der Waals surface area contributed by atoms with Crippen LogP contribution < -0.4 is 5.32 Å². The van der Waals surface area contributed by atoms with Crippen molar-refractivity contribution in [1.82, 2.24) is 25.2 Å². The van der Waals surface area contributed by atoms with Crippen LogP contribution in [0.4, 0.5) is 4.39 Å². The number of aromatic nitrogens is 3. The van der Waals surface area contributed by atoms with Gasteiger partial charge in [-0.2, -0.15) is 0 Å². The van der Waals surface area contributed by atoms with Crippen LogP contribution in [0.1, 0.15) is 5.69 Å². The molecule has 2 heterocycles. The first-order valence-electron chi connectivity index (χ1n) is 6.42. The molecule has 1 fully saturated rings. The molecule has 0 atom stereocenters. The van der Waals surface area contributed by atoms with E-state index in [0.717, 1.165) is 38.4 Å². The summed E-state index contributed by atoms with van der Waals surface area (Å²) in [5.41, 5.74) is 1.36. The fraction of sp³-hybridized carbons (Fsp3) is 0.385. The number of hydrogen-bond donors (Lipinski definition) is 1. The van der Waals surface area contributed by atoms with Crippen molar-refractivity contribution in [2.75, 3.05) is 26.2 Å². The summed E-state index contributed by atoms with van der Waals surface area (Å²) in [6.07, 6.45) is 1.70. The topological polar surface area (TPSA) is 46.0 Å². The van der Waals surface area contributed by atoms with E-state index in [1.54, 1.807) is 29.1 Å². The molecule has 1 N–H and O–H groups in total. The molecule has 0 amide bonds. The molecule has 1 saturated heterocycles. The van der Waals surface area contributed by atoms with Gasteiger partial charge in [-0.05, 0) is 12.1 Å². The van der Waals surface area contributed by atoms with Crippen LogP contribution in [0, 0.1) is 5.82 Å². The molecule has 0 aliphatic carbocycles. The maximum atomic E-state index is 13.8. The van der Waals surface area contributed by atoms with Gasteiger partial charge in [0.05, 0.1) is 11.9 Å². The van der Waals surface area contributed by atoms with Crippen molar-refractivity contribution in [2.45, 2.75) is 6.54 Å². The molecule has 21 heavy (non-hydrogen) atoms. The average molecular weight is 334 g/mol. The van der Waals surface area contributed by atoms with Crippen molar-refractivity contribution in [3.8, 4) is 5.69 Å². The van der Waals surface area contributed by atoms with E-state index in [9.17, 15) is 4.39 Å². The second-order valence-corrected chi connectivity index (χ2v) is 4.61. The molecule has 2 aromatic rings. The number of benzene rings is 1. The molecule has 1 aromatic heterocycles. The monoisotopic (exact) mass is 333 g/mol. The Kier molecular flexibility index (Phi) is 7.04. The van der Waals surface area contributed by atoms with Crippen LogP contribution >= 0.6 is 24.8 Å². The number of para-hydroxylation sites is 1. The molecule has 1 aromatic carbocycles. The summed E-state index contributed by atoms with van der Waals surface area (Å²) in [6, 6.07) is 6.62. The zero-order valence-electron chi connectivity index (χ0n) is 11.4. The summed E-state index contributed by atoms with van der Waals surface area (Å²) in [4.78, 5) is 2.31. The molecule has 0 radical (unpaired) electrons. The minimum absolute atomic E-state index is 0. The Morgan fingerprint density at radius 2 is 1.86 bits per heavy atom. The average Bonchev–Trinajstić information content (AvgIpc) is 2.88. The summed E-state index contributed by atoms with van der Waals surface area (Å²) >= 11 is 0. The second-order valence-electron chi connectivity index (χ2n) is 4.61. The number of piperazine rings is 1. The lowest BCUT2D eigenvalue weighted by molar-refractivity contribution is 0.229. The quantitative estimate of drug-likeness (QED) is 0.927. The van der Waals surface area contributed by atoms with Gasteiger partial charge in [-0.15, -0.1) is 29.9 Å². The van der Waals surface area contributed by atoms with Crippen LogP contribution in [0.2, 0.25) is 0 Å². The van der Waals surface area contributed by atoms with Gasteiger partial charge in [0.1, 0.15) is 11.5 Å². The van der Waals surface area contributed by atoms with E-state index in [-0.39, 0.29) is 30.6 Å². The maximum Gasteiger partial charge on any atom is 0.148 e. The summed E-state index contributed by atoms with van der Waals surface area (Å²) in [6.45, 7) is 4.69. The summed E-state index contributed by atoms with van der Waals surface area (Å²) in [5.74, 6) is -0.283. The molecule has 0 unspecified atom stereocenters. The van der Waals surface area contributed by atoms with E-state index in [1.165, 1.54) is 6.07 Å². The van der Waals surface area contributed by atoms with Crippen LogP contribution in [0.25, 0.3) is 5.69 Å². The minimum Gasteiger partial charge on any atom is -0.314 e. The first-order chi connectivity index (χ1) is 9.34. The molecule has 3 rings (SSSR count). The minimum atomic E-state index is -0.283. The second kappa shape index (κ2) is 8.29. The number of nitrogens with zero attached hydrogens (tertiary/aromatic N) is 4. The van der Waals surface area contributed by atoms with Gasteiger partial charge >= 0.3 is 0 Å². The Balaban J connectivity index is 0.00000110. The Labute approximate surface area is 135 Å². The molecule has 0 spiro atoms. The van der Waals surface area contributed by atoms with Crippen molar-refractivity contribution in [3.05, 3.63) is 42.0 Å². The Bertz CT molecular complexity index is 557. The van der Waals surface area contributed by atoms with Gasteiger partial charge < -0.3 is 5.32 Å². The van der Waals surface area contributed by atoms with E-state index in [2.05, 4.69) is 20.5 Å². The molecule has 0 saturated carbocycles. The first kappa shape index (κ1) is 17.8. The van der Waals surface area contributed by atoms with Crippen molar-refractivity contribution < 1.29 is 4.39 Å². The van der Waals surface area contributed by atoms with E-state index >= 15 is 0 Å². The highest BCUT2D eigenvalue weighted by Crippen LogP contribution is 2.14.